The number of amides is 1. The molecule has 118 valence electrons. The second-order valence-corrected chi connectivity index (χ2v) is 5.32. The maximum atomic E-state index is 10.7. The molecule has 3 heterocycles. The van der Waals surface area contributed by atoms with Gasteiger partial charge in [0.1, 0.15) is 0 Å². The molecule has 1 fully saturated rings. The Balaban J connectivity index is 1.76. The molecule has 0 saturated carbocycles. The number of ether oxygens (including phenoxy) is 2. The Labute approximate surface area is 127 Å². The van der Waals surface area contributed by atoms with Crippen molar-refractivity contribution < 1.29 is 19.4 Å². The zero-order chi connectivity index (χ0) is 15.5. The van der Waals surface area contributed by atoms with Crippen LogP contribution in [-0.4, -0.2) is 45.8 Å². The van der Waals surface area contributed by atoms with Gasteiger partial charge < -0.3 is 14.6 Å². The average Bonchev–Trinajstić information content (AvgIpc) is 2.82. The number of hydrogen-bond acceptors (Lipinski definition) is 5. The molecule has 0 spiro atoms. The molecule has 1 aliphatic heterocycles. The van der Waals surface area contributed by atoms with Crippen LogP contribution in [0.2, 0.25) is 0 Å². The van der Waals surface area contributed by atoms with Gasteiger partial charge in [0.2, 0.25) is 0 Å². The first-order chi connectivity index (χ1) is 10.6. The van der Waals surface area contributed by atoms with Crippen molar-refractivity contribution in [2.75, 3.05) is 25.1 Å². The Bertz CT molecular complexity index is 679. The molecule has 1 aliphatic rings. The number of nitrogens with one attached hydrogen (secondary N) is 1. The second-order valence-electron chi connectivity index (χ2n) is 5.32. The summed E-state index contributed by atoms with van der Waals surface area (Å²) in [6, 6.07) is 1.69. The van der Waals surface area contributed by atoms with Gasteiger partial charge in [-0.1, -0.05) is 0 Å². The first-order valence-electron chi connectivity index (χ1n) is 7.16. The summed E-state index contributed by atoms with van der Waals surface area (Å²) in [7, 11) is 1.77. The highest BCUT2D eigenvalue weighted by atomic mass is 16.5. The van der Waals surface area contributed by atoms with Crippen LogP contribution in [0, 0.1) is 5.92 Å². The van der Waals surface area contributed by atoms with Gasteiger partial charge in [-0.05, 0) is 24.8 Å². The molecule has 2 N–H and O–H groups in total. The molecule has 0 bridgehead atoms. The van der Waals surface area contributed by atoms with Gasteiger partial charge in [-0.25, -0.2) is 9.78 Å². The summed E-state index contributed by atoms with van der Waals surface area (Å²) in [5.74, 6) is 0.949. The summed E-state index contributed by atoms with van der Waals surface area (Å²) in [6.45, 7) is 2.14. The van der Waals surface area contributed by atoms with Gasteiger partial charge >= 0.3 is 6.09 Å². The predicted octanol–water partition coefficient (Wildman–Crippen LogP) is 1.86. The van der Waals surface area contributed by atoms with Gasteiger partial charge in [0, 0.05) is 20.3 Å². The zero-order valence-corrected chi connectivity index (χ0v) is 12.3. The van der Waals surface area contributed by atoms with E-state index in [2.05, 4.69) is 15.4 Å². The van der Waals surface area contributed by atoms with Crippen molar-refractivity contribution in [2.45, 2.75) is 12.8 Å². The molecule has 22 heavy (non-hydrogen) atoms. The van der Waals surface area contributed by atoms with Crippen LogP contribution in [0.5, 0.6) is 5.88 Å². The van der Waals surface area contributed by atoms with E-state index in [0.717, 1.165) is 26.1 Å². The Morgan fingerprint density at radius 2 is 2.32 bits per heavy atom. The van der Waals surface area contributed by atoms with Crippen molar-refractivity contribution in [1.82, 2.24) is 14.8 Å². The third kappa shape index (κ3) is 3.11. The van der Waals surface area contributed by atoms with Crippen molar-refractivity contribution in [3.05, 3.63) is 12.3 Å². The quantitative estimate of drug-likeness (QED) is 0.894. The number of carboxylic acid groups (broad SMARTS) is 1. The Morgan fingerprint density at radius 3 is 3.05 bits per heavy atom. The lowest BCUT2D eigenvalue weighted by molar-refractivity contribution is 0.0491. The van der Waals surface area contributed by atoms with E-state index in [1.54, 1.807) is 17.8 Å². The molecule has 0 radical (unpaired) electrons. The summed E-state index contributed by atoms with van der Waals surface area (Å²) in [5.41, 5.74) is 1.75. The fourth-order valence-corrected chi connectivity index (χ4v) is 2.50. The average molecular weight is 306 g/mol. The van der Waals surface area contributed by atoms with E-state index < -0.39 is 6.09 Å². The summed E-state index contributed by atoms with van der Waals surface area (Å²) >= 11 is 0. The Kier molecular flexibility index (Phi) is 4.10. The minimum atomic E-state index is -1.13. The van der Waals surface area contributed by atoms with E-state index in [1.165, 1.54) is 6.20 Å². The van der Waals surface area contributed by atoms with Crippen LogP contribution in [0.4, 0.5) is 10.5 Å². The minimum Gasteiger partial charge on any atom is -0.475 e. The molecular weight excluding hydrogens is 288 g/mol. The van der Waals surface area contributed by atoms with Crippen LogP contribution < -0.4 is 10.1 Å². The van der Waals surface area contributed by atoms with Gasteiger partial charge in [-0.3, -0.25) is 10.00 Å². The van der Waals surface area contributed by atoms with Crippen molar-refractivity contribution >= 4 is 22.8 Å². The third-order valence-corrected chi connectivity index (χ3v) is 3.71. The minimum absolute atomic E-state index is 0.402. The first-order valence-corrected chi connectivity index (χ1v) is 7.16. The van der Waals surface area contributed by atoms with Gasteiger partial charge in [-0.15, -0.1) is 5.10 Å². The van der Waals surface area contributed by atoms with E-state index in [1.807, 2.05) is 0 Å². The van der Waals surface area contributed by atoms with Crippen LogP contribution >= 0.6 is 0 Å². The zero-order valence-electron chi connectivity index (χ0n) is 12.3. The molecule has 0 unspecified atom stereocenters. The molecule has 1 amide bonds. The van der Waals surface area contributed by atoms with Crippen molar-refractivity contribution in [2.24, 2.45) is 13.0 Å². The van der Waals surface area contributed by atoms with Gasteiger partial charge in [0.15, 0.2) is 5.52 Å². The SMILES string of the molecule is Cn1nc(OCC2CCOCC2)c2ncc(NC(=O)O)cc21. The smallest absolute Gasteiger partial charge is 0.409 e. The largest absolute Gasteiger partial charge is 0.475 e. The van der Waals surface area contributed by atoms with Crippen LogP contribution in [0.3, 0.4) is 0 Å². The highest BCUT2D eigenvalue weighted by Gasteiger charge is 2.17. The van der Waals surface area contributed by atoms with Crippen LogP contribution in [0.1, 0.15) is 12.8 Å². The van der Waals surface area contributed by atoms with E-state index >= 15 is 0 Å². The lowest BCUT2D eigenvalue weighted by Crippen LogP contribution is -2.21. The number of pyridine rings is 1. The van der Waals surface area contributed by atoms with Crippen molar-refractivity contribution in [1.29, 1.82) is 0 Å². The summed E-state index contributed by atoms with van der Waals surface area (Å²) in [4.78, 5) is 14.9. The number of rotatable bonds is 4. The molecule has 2 aromatic rings. The summed E-state index contributed by atoms with van der Waals surface area (Å²) in [6.07, 6.45) is 2.31. The molecular formula is C14H18N4O4. The van der Waals surface area contributed by atoms with E-state index in [0.29, 0.717) is 35.1 Å². The predicted molar refractivity (Wildman–Crippen MR) is 79.2 cm³/mol. The maximum Gasteiger partial charge on any atom is 0.409 e. The van der Waals surface area contributed by atoms with Gasteiger partial charge in [0.05, 0.1) is 24.0 Å². The van der Waals surface area contributed by atoms with Gasteiger partial charge in [-0.2, -0.15) is 0 Å². The van der Waals surface area contributed by atoms with Crippen LogP contribution in [0.25, 0.3) is 11.0 Å². The molecule has 2 aromatic heterocycles. The highest BCUT2D eigenvalue weighted by molar-refractivity contribution is 5.88. The molecule has 0 aromatic carbocycles. The molecule has 1 saturated heterocycles. The Hall–Kier alpha value is -2.35. The third-order valence-electron chi connectivity index (χ3n) is 3.71. The van der Waals surface area contributed by atoms with Crippen LogP contribution in [0.15, 0.2) is 12.3 Å². The summed E-state index contributed by atoms with van der Waals surface area (Å²) in [5, 5.41) is 15.3. The lowest BCUT2D eigenvalue weighted by Gasteiger charge is -2.21. The maximum absolute atomic E-state index is 10.7. The molecule has 8 heteroatoms. The number of anilines is 1. The van der Waals surface area contributed by atoms with E-state index in [-0.39, 0.29) is 0 Å². The molecule has 0 atom stereocenters. The number of aryl methyl sites for hydroxylation is 1. The standard InChI is InChI=1S/C14H18N4O4/c1-18-11-6-10(16-14(19)20)7-15-12(11)13(17-18)22-8-9-2-4-21-5-3-9/h6-7,9,16H,2-5,8H2,1H3,(H,19,20). The number of hydrogen-bond donors (Lipinski definition) is 2. The monoisotopic (exact) mass is 306 g/mol. The molecule has 0 aliphatic carbocycles. The molecule has 3 rings (SSSR count). The highest BCUT2D eigenvalue weighted by Crippen LogP contribution is 2.26. The van der Waals surface area contributed by atoms with Crippen LogP contribution in [-0.2, 0) is 11.8 Å². The molecule has 8 nitrogen and oxygen atoms in total. The normalized spacial score (nSPS) is 15.9. The topological polar surface area (TPSA) is 98.5 Å². The van der Waals surface area contributed by atoms with E-state index in [9.17, 15) is 4.79 Å². The fraction of sp³-hybridized carbons (Fsp3) is 0.500. The summed E-state index contributed by atoms with van der Waals surface area (Å²) < 4.78 is 12.8. The first kappa shape index (κ1) is 14.6. The fourth-order valence-electron chi connectivity index (χ4n) is 2.50. The number of fused-ring (bicyclic) bond motifs is 1. The van der Waals surface area contributed by atoms with E-state index in [4.69, 9.17) is 14.6 Å². The number of carbonyl (C=O) groups is 1. The Morgan fingerprint density at radius 1 is 1.55 bits per heavy atom. The van der Waals surface area contributed by atoms with Crippen molar-refractivity contribution in [3.63, 3.8) is 0 Å². The van der Waals surface area contributed by atoms with Crippen molar-refractivity contribution in [3.8, 4) is 5.88 Å². The second kappa shape index (κ2) is 6.18. The number of nitrogens with zero attached hydrogens (tertiary/aromatic N) is 3. The number of aromatic nitrogens is 3. The van der Waals surface area contributed by atoms with Gasteiger partial charge in [0.25, 0.3) is 5.88 Å². The lowest BCUT2D eigenvalue weighted by atomic mass is 10.0.